The van der Waals surface area contributed by atoms with Gasteiger partial charge in [-0.1, -0.05) is 13.0 Å². The summed E-state index contributed by atoms with van der Waals surface area (Å²) in [6.45, 7) is 3.64. The lowest BCUT2D eigenvalue weighted by molar-refractivity contribution is -0.145. The summed E-state index contributed by atoms with van der Waals surface area (Å²) in [6, 6.07) is 0. The van der Waals surface area contributed by atoms with E-state index in [0.717, 1.165) is 12.8 Å². The van der Waals surface area contributed by atoms with E-state index in [1.807, 2.05) is 0 Å². The second-order valence-electron chi connectivity index (χ2n) is 3.26. The van der Waals surface area contributed by atoms with Gasteiger partial charge in [-0.05, 0) is 41.4 Å². The lowest BCUT2D eigenvalue weighted by Crippen LogP contribution is -2.22. The van der Waals surface area contributed by atoms with Crippen molar-refractivity contribution in [1.29, 1.82) is 0 Å². The molecule has 0 spiro atoms. The van der Waals surface area contributed by atoms with Gasteiger partial charge in [-0.3, -0.25) is 4.79 Å². The van der Waals surface area contributed by atoms with Crippen molar-refractivity contribution < 1.29 is 9.53 Å². The summed E-state index contributed by atoms with van der Waals surface area (Å²) in [6.07, 6.45) is 4.25. The molecule has 0 unspecified atom stereocenters. The third-order valence-electron chi connectivity index (χ3n) is 1.95. The number of esters is 1. The second kappa shape index (κ2) is 4.25. The minimum Gasteiger partial charge on any atom is -0.457 e. The lowest BCUT2D eigenvalue weighted by Gasteiger charge is -2.24. The predicted octanol–water partition coefficient (Wildman–Crippen LogP) is 2.67. The van der Waals surface area contributed by atoms with Crippen LogP contribution in [-0.4, -0.2) is 12.1 Å². The molecule has 0 aromatic carbocycles. The Balaban J connectivity index is 2.57. The summed E-state index contributed by atoms with van der Waals surface area (Å²) in [4.78, 5) is 10.7. The van der Waals surface area contributed by atoms with Crippen molar-refractivity contribution in [2.45, 2.75) is 32.8 Å². The molecule has 0 saturated heterocycles. The van der Waals surface area contributed by atoms with E-state index >= 15 is 0 Å². The van der Waals surface area contributed by atoms with Gasteiger partial charge in [-0.2, -0.15) is 0 Å². The first kappa shape index (κ1) is 10.0. The highest BCUT2D eigenvalue weighted by Gasteiger charge is 2.22. The molecule has 0 saturated carbocycles. The van der Waals surface area contributed by atoms with Crippen LogP contribution in [0.1, 0.15) is 26.7 Å². The highest BCUT2D eigenvalue weighted by atomic mass is 127. The molecule has 0 bridgehead atoms. The van der Waals surface area contributed by atoms with Gasteiger partial charge < -0.3 is 4.74 Å². The molecule has 0 aliphatic heterocycles. The number of rotatable bonds is 1. The minimum atomic E-state index is -0.184. The molecule has 0 heterocycles. The van der Waals surface area contributed by atoms with Crippen LogP contribution >= 0.6 is 22.6 Å². The summed E-state index contributed by atoms with van der Waals surface area (Å²) < 4.78 is 6.33. The van der Waals surface area contributed by atoms with Crippen LogP contribution in [0.15, 0.2) is 9.66 Å². The number of halogens is 1. The monoisotopic (exact) mass is 280 g/mol. The van der Waals surface area contributed by atoms with E-state index < -0.39 is 0 Å². The Kier molecular flexibility index (Phi) is 3.55. The molecule has 0 aromatic heterocycles. The zero-order valence-corrected chi connectivity index (χ0v) is 9.50. The zero-order chi connectivity index (χ0) is 9.14. The predicted molar refractivity (Wildman–Crippen MR) is 56.1 cm³/mol. The topological polar surface area (TPSA) is 26.3 Å². The zero-order valence-electron chi connectivity index (χ0n) is 7.34. The molecule has 1 aliphatic carbocycles. The maximum absolute atomic E-state index is 10.7. The summed E-state index contributed by atoms with van der Waals surface area (Å²) in [5.74, 6) is 0.449. The maximum Gasteiger partial charge on any atom is 0.303 e. The van der Waals surface area contributed by atoms with Gasteiger partial charge in [-0.15, -0.1) is 0 Å². The third-order valence-corrected chi connectivity index (χ3v) is 3.08. The average molecular weight is 280 g/mol. The lowest BCUT2D eigenvalue weighted by atomic mass is 9.94. The molecule has 3 heteroatoms. The van der Waals surface area contributed by atoms with Gasteiger partial charge in [-0.25, -0.2) is 0 Å². The van der Waals surface area contributed by atoms with E-state index in [4.69, 9.17) is 4.74 Å². The first-order valence-electron chi connectivity index (χ1n) is 4.12. The van der Waals surface area contributed by atoms with E-state index in [1.54, 1.807) is 0 Å². The Hall–Kier alpha value is -0.0600. The first-order chi connectivity index (χ1) is 5.59. The van der Waals surface area contributed by atoms with Crippen LogP contribution < -0.4 is 0 Å². The number of ether oxygens (including phenoxy) is 1. The van der Waals surface area contributed by atoms with Gasteiger partial charge in [0.15, 0.2) is 0 Å². The largest absolute Gasteiger partial charge is 0.457 e. The summed E-state index contributed by atoms with van der Waals surface area (Å²) >= 11 is 2.25. The van der Waals surface area contributed by atoms with Crippen LogP contribution in [0.4, 0.5) is 0 Å². The van der Waals surface area contributed by atoms with E-state index in [-0.39, 0.29) is 12.1 Å². The quantitative estimate of drug-likeness (QED) is 0.545. The highest BCUT2D eigenvalue weighted by molar-refractivity contribution is 14.1. The number of hydrogen-bond acceptors (Lipinski definition) is 2. The van der Waals surface area contributed by atoms with Gasteiger partial charge in [0.05, 0.1) is 0 Å². The molecule has 68 valence electrons. The fourth-order valence-electron chi connectivity index (χ4n) is 1.32. The number of carbonyl (C=O) groups excluding carboxylic acids is 1. The van der Waals surface area contributed by atoms with E-state index in [2.05, 4.69) is 35.6 Å². The van der Waals surface area contributed by atoms with Crippen molar-refractivity contribution in [2.24, 2.45) is 5.92 Å². The fourth-order valence-corrected chi connectivity index (χ4v) is 1.96. The Morgan fingerprint density at radius 3 is 3.00 bits per heavy atom. The standard InChI is InChI=1S/C9H13IO2/c1-6-3-4-8(10)9(5-6)12-7(2)11/h4,6,9H,3,5H2,1-2H3/t6-,9-/m0/s1. The average Bonchev–Trinajstić information content (AvgIpc) is 1.96. The Morgan fingerprint density at radius 1 is 1.75 bits per heavy atom. The molecule has 0 amide bonds. The summed E-state index contributed by atoms with van der Waals surface area (Å²) in [5, 5.41) is 0. The van der Waals surface area contributed by atoms with E-state index in [0.29, 0.717) is 5.92 Å². The smallest absolute Gasteiger partial charge is 0.303 e. The van der Waals surface area contributed by atoms with Crippen molar-refractivity contribution in [2.75, 3.05) is 0 Å². The maximum atomic E-state index is 10.7. The van der Waals surface area contributed by atoms with Crippen LogP contribution in [0.3, 0.4) is 0 Å². The van der Waals surface area contributed by atoms with Gasteiger partial charge in [0, 0.05) is 10.5 Å². The van der Waals surface area contributed by atoms with Crippen LogP contribution in [0, 0.1) is 5.92 Å². The molecule has 2 atom stereocenters. The van der Waals surface area contributed by atoms with Crippen molar-refractivity contribution in [1.82, 2.24) is 0 Å². The molecule has 0 radical (unpaired) electrons. The van der Waals surface area contributed by atoms with E-state index in [9.17, 15) is 4.79 Å². The normalized spacial score (nSPS) is 29.4. The summed E-state index contributed by atoms with van der Waals surface area (Å²) in [7, 11) is 0. The van der Waals surface area contributed by atoms with Gasteiger partial charge in [0.25, 0.3) is 0 Å². The molecule has 0 aromatic rings. The van der Waals surface area contributed by atoms with Crippen LogP contribution in [-0.2, 0) is 9.53 Å². The molecule has 0 fully saturated rings. The number of allylic oxidation sites excluding steroid dienone is 1. The third kappa shape index (κ3) is 2.77. The van der Waals surface area contributed by atoms with Crippen LogP contribution in [0.25, 0.3) is 0 Å². The number of carbonyl (C=O) groups is 1. The van der Waals surface area contributed by atoms with Crippen LogP contribution in [0.2, 0.25) is 0 Å². The molecule has 1 rings (SSSR count). The van der Waals surface area contributed by atoms with E-state index in [1.165, 1.54) is 10.5 Å². The first-order valence-corrected chi connectivity index (χ1v) is 5.20. The Labute approximate surface area is 86.5 Å². The van der Waals surface area contributed by atoms with Gasteiger partial charge >= 0.3 is 5.97 Å². The van der Waals surface area contributed by atoms with Crippen molar-refractivity contribution in [3.63, 3.8) is 0 Å². The second-order valence-corrected chi connectivity index (χ2v) is 4.51. The summed E-state index contributed by atoms with van der Waals surface area (Å²) in [5.41, 5.74) is 0. The molecular formula is C9H13IO2. The van der Waals surface area contributed by atoms with Crippen molar-refractivity contribution >= 4 is 28.6 Å². The van der Waals surface area contributed by atoms with Crippen molar-refractivity contribution in [3.05, 3.63) is 9.66 Å². The Morgan fingerprint density at radius 2 is 2.42 bits per heavy atom. The van der Waals surface area contributed by atoms with Crippen LogP contribution in [0.5, 0.6) is 0 Å². The van der Waals surface area contributed by atoms with Gasteiger partial charge in [0.1, 0.15) is 6.10 Å². The number of hydrogen-bond donors (Lipinski definition) is 0. The molecular weight excluding hydrogens is 267 g/mol. The minimum absolute atomic E-state index is 0.0202. The molecule has 12 heavy (non-hydrogen) atoms. The molecule has 0 N–H and O–H groups in total. The Bertz CT molecular complexity index is 211. The van der Waals surface area contributed by atoms with Gasteiger partial charge in [0.2, 0.25) is 0 Å². The fraction of sp³-hybridized carbons (Fsp3) is 0.667. The molecule has 2 nitrogen and oxygen atoms in total. The molecule has 1 aliphatic rings. The van der Waals surface area contributed by atoms with Crippen molar-refractivity contribution in [3.8, 4) is 0 Å². The highest BCUT2D eigenvalue weighted by Crippen LogP contribution is 2.29. The SMILES string of the molecule is CC(=O)O[C@H]1C[C@@H](C)CC=C1I.